The van der Waals surface area contributed by atoms with Crippen molar-refractivity contribution in [1.82, 2.24) is 5.32 Å². The second kappa shape index (κ2) is 6.09. The van der Waals surface area contributed by atoms with Crippen LogP contribution in [0.4, 0.5) is 0 Å². The van der Waals surface area contributed by atoms with Gasteiger partial charge in [0.25, 0.3) is 0 Å². The van der Waals surface area contributed by atoms with Crippen LogP contribution in [0.1, 0.15) is 64.2 Å². The van der Waals surface area contributed by atoms with Crippen LogP contribution in [0.15, 0.2) is 18.2 Å². The highest BCUT2D eigenvalue weighted by molar-refractivity contribution is 5.34. The Bertz CT molecular complexity index is 388. The van der Waals surface area contributed by atoms with E-state index in [9.17, 15) is 0 Å². The number of aryl methyl sites for hydroxylation is 2. The molecule has 0 radical (unpaired) electrons. The lowest BCUT2D eigenvalue weighted by Crippen LogP contribution is -2.45. The van der Waals surface area contributed by atoms with Crippen LogP contribution in [0.3, 0.4) is 0 Å². The first-order valence-corrected chi connectivity index (χ1v) is 7.56. The molecular weight excluding hydrogens is 230 g/mol. The Kier molecular flexibility index (Phi) is 5.20. The lowest BCUT2D eigenvalue weighted by atomic mass is 9.74. The maximum absolute atomic E-state index is 3.70. The molecule has 0 aliphatic carbocycles. The molecule has 1 rings (SSSR count). The molecule has 0 aromatic heterocycles. The van der Waals surface area contributed by atoms with Crippen molar-refractivity contribution in [2.24, 2.45) is 0 Å². The second-order valence-corrected chi connectivity index (χ2v) is 6.97. The van der Waals surface area contributed by atoms with Crippen molar-refractivity contribution in [2.45, 2.75) is 72.3 Å². The van der Waals surface area contributed by atoms with Crippen molar-refractivity contribution in [2.75, 3.05) is 6.54 Å². The molecule has 0 aliphatic heterocycles. The normalized spacial score (nSPS) is 12.8. The van der Waals surface area contributed by atoms with E-state index >= 15 is 0 Å². The summed E-state index contributed by atoms with van der Waals surface area (Å²) in [7, 11) is 0. The molecule has 1 aromatic rings. The predicted octanol–water partition coefficient (Wildman–Crippen LogP) is 4.75. The van der Waals surface area contributed by atoms with E-state index in [2.05, 4.69) is 72.0 Å². The first-order valence-electron chi connectivity index (χ1n) is 7.56. The molecule has 0 heterocycles. The van der Waals surface area contributed by atoms with E-state index in [-0.39, 0.29) is 11.0 Å². The summed E-state index contributed by atoms with van der Waals surface area (Å²) in [5.41, 5.74) is 4.67. The third-order valence-electron chi connectivity index (χ3n) is 4.14. The van der Waals surface area contributed by atoms with Gasteiger partial charge in [-0.1, -0.05) is 43.2 Å². The molecular formula is C18H31N. The third-order valence-corrected chi connectivity index (χ3v) is 4.14. The molecule has 0 atom stereocenters. The van der Waals surface area contributed by atoms with E-state index in [1.165, 1.54) is 29.5 Å². The van der Waals surface area contributed by atoms with Gasteiger partial charge in [0, 0.05) is 17.5 Å². The minimum atomic E-state index is 0.175. The van der Waals surface area contributed by atoms with E-state index in [1.807, 2.05) is 0 Å². The molecule has 1 N–H and O–H groups in total. The Labute approximate surface area is 119 Å². The van der Waals surface area contributed by atoms with Crippen molar-refractivity contribution < 1.29 is 0 Å². The van der Waals surface area contributed by atoms with Gasteiger partial charge in [-0.3, -0.25) is 0 Å². The second-order valence-electron chi connectivity index (χ2n) is 6.97. The van der Waals surface area contributed by atoms with Gasteiger partial charge < -0.3 is 5.32 Å². The molecule has 0 fully saturated rings. The molecule has 1 nitrogen and oxygen atoms in total. The van der Waals surface area contributed by atoms with Gasteiger partial charge in [-0.2, -0.15) is 0 Å². The smallest absolute Gasteiger partial charge is 0.00968 e. The maximum Gasteiger partial charge on any atom is 0.00968 e. The Balaban J connectivity index is 3.10. The van der Waals surface area contributed by atoms with E-state index < -0.39 is 0 Å². The lowest BCUT2D eigenvalue weighted by molar-refractivity contribution is 0.312. The number of hydrogen-bond donors (Lipinski definition) is 1. The van der Waals surface area contributed by atoms with Crippen LogP contribution in [0, 0.1) is 13.8 Å². The van der Waals surface area contributed by atoms with Crippen molar-refractivity contribution in [3.05, 3.63) is 34.9 Å². The standard InChI is InChI=1S/C18H31N/c1-8-18(9-2,13-19-17(5,6)7)16-11-14(3)10-15(4)12-16/h10-12,19H,8-9,13H2,1-7H3. The Morgan fingerprint density at radius 3 is 1.74 bits per heavy atom. The monoisotopic (exact) mass is 261 g/mol. The van der Waals surface area contributed by atoms with Gasteiger partial charge in [0.1, 0.15) is 0 Å². The zero-order valence-corrected chi connectivity index (χ0v) is 13.9. The summed E-state index contributed by atoms with van der Waals surface area (Å²) in [5.74, 6) is 0. The highest BCUT2D eigenvalue weighted by Gasteiger charge is 2.30. The maximum atomic E-state index is 3.70. The van der Waals surface area contributed by atoms with Crippen LogP contribution >= 0.6 is 0 Å². The fourth-order valence-electron chi connectivity index (χ4n) is 2.73. The molecule has 108 valence electrons. The van der Waals surface area contributed by atoms with Gasteiger partial charge in [-0.25, -0.2) is 0 Å². The molecule has 0 saturated carbocycles. The van der Waals surface area contributed by atoms with E-state index in [4.69, 9.17) is 0 Å². The van der Waals surface area contributed by atoms with Crippen LogP contribution in [0.2, 0.25) is 0 Å². The van der Waals surface area contributed by atoms with Crippen molar-refractivity contribution in [1.29, 1.82) is 0 Å². The summed E-state index contributed by atoms with van der Waals surface area (Å²) in [6.45, 7) is 16.8. The highest BCUT2D eigenvalue weighted by Crippen LogP contribution is 2.32. The van der Waals surface area contributed by atoms with Crippen LogP contribution in [0.25, 0.3) is 0 Å². The molecule has 0 amide bonds. The molecule has 19 heavy (non-hydrogen) atoms. The molecule has 0 bridgehead atoms. The van der Waals surface area contributed by atoms with E-state index in [1.54, 1.807) is 0 Å². The zero-order chi connectivity index (χ0) is 14.7. The molecule has 0 unspecified atom stereocenters. The van der Waals surface area contributed by atoms with E-state index in [0.717, 1.165) is 6.54 Å². The van der Waals surface area contributed by atoms with Gasteiger partial charge in [0.15, 0.2) is 0 Å². The van der Waals surface area contributed by atoms with Crippen molar-refractivity contribution in [3.8, 4) is 0 Å². The fraction of sp³-hybridized carbons (Fsp3) is 0.667. The average molecular weight is 261 g/mol. The summed E-state index contributed by atoms with van der Waals surface area (Å²) in [4.78, 5) is 0. The van der Waals surface area contributed by atoms with Gasteiger partial charge in [-0.05, 0) is 53.0 Å². The molecule has 0 saturated heterocycles. The number of hydrogen-bond acceptors (Lipinski definition) is 1. The first-order chi connectivity index (χ1) is 8.72. The van der Waals surface area contributed by atoms with Crippen LogP contribution in [-0.4, -0.2) is 12.1 Å². The Morgan fingerprint density at radius 1 is 0.895 bits per heavy atom. The largest absolute Gasteiger partial charge is 0.311 e. The third kappa shape index (κ3) is 4.35. The first kappa shape index (κ1) is 16.2. The number of nitrogens with one attached hydrogen (secondary N) is 1. The minimum Gasteiger partial charge on any atom is -0.311 e. The molecule has 0 spiro atoms. The quantitative estimate of drug-likeness (QED) is 0.806. The van der Waals surface area contributed by atoms with Gasteiger partial charge in [0.05, 0.1) is 0 Å². The van der Waals surface area contributed by atoms with Gasteiger partial charge >= 0.3 is 0 Å². The number of rotatable bonds is 5. The minimum absolute atomic E-state index is 0.175. The zero-order valence-electron chi connectivity index (χ0n) is 13.9. The molecule has 1 heteroatoms. The van der Waals surface area contributed by atoms with Crippen molar-refractivity contribution >= 4 is 0 Å². The fourth-order valence-corrected chi connectivity index (χ4v) is 2.73. The molecule has 0 aliphatic rings. The van der Waals surface area contributed by atoms with Crippen LogP contribution in [0.5, 0.6) is 0 Å². The summed E-state index contributed by atoms with van der Waals surface area (Å²) in [6, 6.07) is 6.99. The van der Waals surface area contributed by atoms with Crippen molar-refractivity contribution in [3.63, 3.8) is 0 Å². The van der Waals surface area contributed by atoms with Crippen LogP contribution < -0.4 is 5.32 Å². The Morgan fingerprint density at radius 2 is 1.37 bits per heavy atom. The van der Waals surface area contributed by atoms with Crippen LogP contribution in [-0.2, 0) is 5.41 Å². The Hall–Kier alpha value is -0.820. The summed E-state index contributed by atoms with van der Waals surface area (Å²) < 4.78 is 0. The van der Waals surface area contributed by atoms with Gasteiger partial charge in [-0.15, -0.1) is 0 Å². The predicted molar refractivity (Wildman–Crippen MR) is 85.9 cm³/mol. The number of benzene rings is 1. The summed E-state index contributed by atoms with van der Waals surface area (Å²) in [6.07, 6.45) is 2.35. The summed E-state index contributed by atoms with van der Waals surface area (Å²) in [5, 5.41) is 3.70. The SMILES string of the molecule is CCC(CC)(CNC(C)(C)C)c1cc(C)cc(C)c1. The lowest BCUT2D eigenvalue weighted by Gasteiger charge is -2.36. The summed E-state index contributed by atoms with van der Waals surface area (Å²) >= 11 is 0. The van der Waals surface area contributed by atoms with E-state index in [0.29, 0.717) is 0 Å². The highest BCUT2D eigenvalue weighted by atomic mass is 15.0. The topological polar surface area (TPSA) is 12.0 Å². The molecule has 1 aromatic carbocycles. The average Bonchev–Trinajstić information content (AvgIpc) is 2.28. The van der Waals surface area contributed by atoms with Gasteiger partial charge in [0.2, 0.25) is 0 Å².